The van der Waals surface area contributed by atoms with Gasteiger partial charge in [0.1, 0.15) is 0 Å². The molecule has 6 nitrogen and oxygen atoms in total. The fraction of sp³-hybridized carbons (Fsp3) is 0.318. The van der Waals surface area contributed by atoms with Crippen LogP contribution in [0.3, 0.4) is 0 Å². The lowest BCUT2D eigenvalue weighted by molar-refractivity contribution is -0.134. The average Bonchev–Trinajstić information content (AvgIpc) is 3.33. The van der Waals surface area contributed by atoms with Crippen molar-refractivity contribution in [2.24, 2.45) is 0 Å². The predicted octanol–water partition coefficient (Wildman–Crippen LogP) is 4.23. The molecule has 2 heterocycles. The first-order valence-electron chi connectivity index (χ1n) is 9.92. The van der Waals surface area contributed by atoms with Crippen LogP contribution >= 0.6 is 23.8 Å². The fourth-order valence-corrected chi connectivity index (χ4v) is 4.26. The Morgan fingerprint density at radius 2 is 1.87 bits per heavy atom. The highest BCUT2D eigenvalue weighted by atomic mass is 35.5. The van der Waals surface area contributed by atoms with Crippen LogP contribution in [0, 0.1) is 4.77 Å². The Balaban J connectivity index is 1.75. The van der Waals surface area contributed by atoms with Gasteiger partial charge in [-0.1, -0.05) is 29.8 Å². The number of hydrogen-bond donors (Lipinski definition) is 0. The standard InChI is InChI=1S/C22H24ClN5OS/c1-25(2)21(29)19-9-6-14-26(19)15-27-22(30)28(18-7-4-3-5-8-18)20(24-27)16-10-12-17(23)13-11-16/h3-5,7-8,10-13,19H,6,9,14-15H2,1-2H3/t19-/m1/s1. The number of para-hydroxylation sites is 1. The first-order chi connectivity index (χ1) is 14.5. The molecule has 0 aliphatic carbocycles. The van der Waals surface area contributed by atoms with Crippen molar-refractivity contribution in [1.82, 2.24) is 24.1 Å². The summed E-state index contributed by atoms with van der Waals surface area (Å²) in [6.07, 6.45) is 1.84. The summed E-state index contributed by atoms with van der Waals surface area (Å²) < 4.78 is 4.37. The van der Waals surface area contributed by atoms with Crippen molar-refractivity contribution in [2.45, 2.75) is 25.6 Å². The molecule has 1 saturated heterocycles. The van der Waals surface area contributed by atoms with Crippen molar-refractivity contribution < 1.29 is 4.79 Å². The molecule has 4 rings (SSSR count). The van der Waals surface area contributed by atoms with Gasteiger partial charge in [0.05, 0.1) is 12.7 Å². The molecular weight excluding hydrogens is 418 g/mol. The minimum absolute atomic E-state index is 0.124. The maximum absolute atomic E-state index is 12.6. The topological polar surface area (TPSA) is 46.3 Å². The Morgan fingerprint density at radius 1 is 1.17 bits per heavy atom. The zero-order valence-electron chi connectivity index (χ0n) is 17.0. The number of likely N-dealkylation sites (N-methyl/N-ethyl adjacent to an activating group) is 1. The molecule has 1 atom stereocenters. The lowest BCUT2D eigenvalue weighted by Crippen LogP contribution is -2.43. The molecule has 1 aliphatic rings. The van der Waals surface area contributed by atoms with E-state index in [0.29, 0.717) is 16.5 Å². The third-order valence-corrected chi connectivity index (χ3v) is 6.01. The molecule has 0 bridgehead atoms. The zero-order chi connectivity index (χ0) is 21.3. The van der Waals surface area contributed by atoms with Gasteiger partial charge in [0.25, 0.3) is 0 Å². The molecular formula is C22H24ClN5OS. The van der Waals surface area contributed by atoms with Crippen LogP contribution < -0.4 is 0 Å². The van der Waals surface area contributed by atoms with Crippen molar-refractivity contribution in [3.63, 3.8) is 0 Å². The quantitative estimate of drug-likeness (QED) is 0.556. The third-order valence-electron chi connectivity index (χ3n) is 5.36. The third kappa shape index (κ3) is 4.05. The summed E-state index contributed by atoms with van der Waals surface area (Å²) in [5, 5.41) is 5.53. The van der Waals surface area contributed by atoms with E-state index in [-0.39, 0.29) is 11.9 Å². The summed E-state index contributed by atoms with van der Waals surface area (Å²) in [6.45, 7) is 1.32. The second kappa shape index (κ2) is 8.71. The van der Waals surface area contributed by atoms with E-state index in [1.165, 1.54) is 0 Å². The summed E-state index contributed by atoms with van der Waals surface area (Å²) in [5.74, 6) is 0.872. The first kappa shape index (κ1) is 20.8. The predicted molar refractivity (Wildman–Crippen MR) is 121 cm³/mol. The number of carbonyl (C=O) groups is 1. The van der Waals surface area contributed by atoms with E-state index in [1.54, 1.807) is 19.0 Å². The molecule has 3 aromatic rings. The van der Waals surface area contributed by atoms with Crippen LogP contribution in [-0.2, 0) is 11.5 Å². The molecule has 1 fully saturated rings. The van der Waals surface area contributed by atoms with E-state index >= 15 is 0 Å². The van der Waals surface area contributed by atoms with Gasteiger partial charge in [0, 0.05) is 36.9 Å². The highest BCUT2D eigenvalue weighted by molar-refractivity contribution is 7.71. The lowest BCUT2D eigenvalue weighted by Gasteiger charge is -2.25. The second-order valence-corrected chi connectivity index (χ2v) is 8.43. The van der Waals surface area contributed by atoms with E-state index in [4.69, 9.17) is 28.9 Å². The maximum atomic E-state index is 12.6. The average molecular weight is 442 g/mol. The van der Waals surface area contributed by atoms with E-state index in [0.717, 1.165) is 36.5 Å². The van der Waals surface area contributed by atoms with Gasteiger partial charge in [-0.25, -0.2) is 4.68 Å². The Bertz CT molecular complexity index is 1090. The van der Waals surface area contributed by atoms with Crippen molar-refractivity contribution >= 4 is 29.7 Å². The van der Waals surface area contributed by atoms with E-state index < -0.39 is 0 Å². The van der Waals surface area contributed by atoms with Crippen LogP contribution in [0.15, 0.2) is 54.6 Å². The van der Waals surface area contributed by atoms with Crippen LogP contribution in [0.2, 0.25) is 5.02 Å². The molecule has 156 valence electrons. The van der Waals surface area contributed by atoms with Crippen molar-refractivity contribution in [1.29, 1.82) is 0 Å². The number of likely N-dealkylation sites (tertiary alicyclic amines) is 1. The summed E-state index contributed by atoms with van der Waals surface area (Å²) >= 11 is 11.9. The monoisotopic (exact) mass is 441 g/mol. The molecule has 0 unspecified atom stereocenters. The molecule has 2 aromatic carbocycles. The number of carbonyl (C=O) groups excluding carboxylic acids is 1. The van der Waals surface area contributed by atoms with Gasteiger partial charge in [0.15, 0.2) is 5.82 Å². The number of halogens is 1. The van der Waals surface area contributed by atoms with Crippen LogP contribution in [0.1, 0.15) is 12.8 Å². The molecule has 0 N–H and O–H groups in total. The number of benzene rings is 2. The van der Waals surface area contributed by atoms with Gasteiger partial charge < -0.3 is 4.90 Å². The second-order valence-electron chi connectivity index (χ2n) is 7.63. The van der Waals surface area contributed by atoms with Crippen LogP contribution in [-0.4, -0.2) is 56.7 Å². The maximum Gasteiger partial charge on any atom is 0.239 e. The van der Waals surface area contributed by atoms with Crippen molar-refractivity contribution in [2.75, 3.05) is 20.6 Å². The summed E-state index contributed by atoms with van der Waals surface area (Å²) in [5.41, 5.74) is 1.87. The molecule has 1 aromatic heterocycles. The number of amides is 1. The smallest absolute Gasteiger partial charge is 0.239 e. The van der Waals surface area contributed by atoms with Gasteiger partial charge in [-0.3, -0.25) is 14.3 Å². The normalized spacial score (nSPS) is 16.7. The zero-order valence-corrected chi connectivity index (χ0v) is 18.6. The number of hydrogen-bond acceptors (Lipinski definition) is 4. The van der Waals surface area contributed by atoms with E-state index in [2.05, 4.69) is 4.90 Å². The summed E-state index contributed by atoms with van der Waals surface area (Å²) in [4.78, 5) is 16.4. The van der Waals surface area contributed by atoms with Crippen LogP contribution in [0.25, 0.3) is 17.1 Å². The minimum Gasteiger partial charge on any atom is -0.347 e. The summed E-state index contributed by atoms with van der Waals surface area (Å²) in [6, 6.07) is 17.4. The molecule has 1 aliphatic heterocycles. The van der Waals surface area contributed by atoms with Crippen LogP contribution in [0.5, 0.6) is 0 Å². The SMILES string of the molecule is CN(C)C(=O)[C@H]1CCCN1Cn1nc(-c2ccc(Cl)cc2)n(-c2ccccc2)c1=S. The van der Waals surface area contributed by atoms with E-state index in [1.807, 2.05) is 63.8 Å². The fourth-order valence-electron chi connectivity index (χ4n) is 3.84. The van der Waals surface area contributed by atoms with Crippen molar-refractivity contribution in [3.8, 4) is 17.1 Å². The molecule has 30 heavy (non-hydrogen) atoms. The summed E-state index contributed by atoms with van der Waals surface area (Å²) in [7, 11) is 3.60. The van der Waals surface area contributed by atoms with Crippen molar-refractivity contribution in [3.05, 3.63) is 64.4 Å². The number of nitrogens with zero attached hydrogens (tertiary/aromatic N) is 5. The Kier molecular flexibility index (Phi) is 6.04. The largest absolute Gasteiger partial charge is 0.347 e. The van der Waals surface area contributed by atoms with Gasteiger partial charge in [-0.05, 0) is 61.5 Å². The van der Waals surface area contributed by atoms with Gasteiger partial charge in [0.2, 0.25) is 10.7 Å². The van der Waals surface area contributed by atoms with Gasteiger partial charge in [-0.2, -0.15) is 0 Å². The number of rotatable bonds is 5. The first-order valence-corrected chi connectivity index (χ1v) is 10.7. The van der Waals surface area contributed by atoms with Gasteiger partial charge >= 0.3 is 0 Å². The Hall–Kier alpha value is -2.48. The Labute approximate surface area is 186 Å². The molecule has 8 heteroatoms. The molecule has 0 saturated carbocycles. The van der Waals surface area contributed by atoms with Gasteiger partial charge in [-0.15, -0.1) is 5.10 Å². The minimum atomic E-state index is -0.136. The molecule has 1 amide bonds. The van der Waals surface area contributed by atoms with Crippen LogP contribution in [0.4, 0.5) is 0 Å². The Morgan fingerprint density at radius 3 is 2.53 bits per heavy atom. The number of aromatic nitrogens is 3. The highest BCUT2D eigenvalue weighted by Gasteiger charge is 2.32. The highest BCUT2D eigenvalue weighted by Crippen LogP contribution is 2.26. The van der Waals surface area contributed by atoms with E-state index in [9.17, 15) is 4.79 Å². The lowest BCUT2D eigenvalue weighted by atomic mass is 10.2. The molecule has 0 radical (unpaired) electrons. The molecule has 0 spiro atoms.